The summed E-state index contributed by atoms with van der Waals surface area (Å²) in [6.45, 7) is 3.09. The molecule has 0 aliphatic rings. The summed E-state index contributed by atoms with van der Waals surface area (Å²) < 4.78 is 0. The van der Waals surface area contributed by atoms with E-state index in [1.807, 2.05) is 18.2 Å². The van der Waals surface area contributed by atoms with Crippen molar-refractivity contribution in [1.29, 1.82) is 0 Å². The second kappa shape index (κ2) is 8.02. The smallest absolute Gasteiger partial charge is 0.139 e. The number of amidine groups is 1. The first-order valence-electron chi connectivity index (χ1n) is 6.47. The fourth-order valence-corrected chi connectivity index (χ4v) is 2.26. The Bertz CT molecular complexity index is 423. The molecule has 0 aliphatic heterocycles. The molecule has 1 aromatic rings. The van der Waals surface area contributed by atoms with Crippen molar-refractivity contribution in [2.45, 2.75) is 32.2 Å². The summed E-state index contributed by atoms with van der Waals surface area (Å²) in [6.07, 6.45) is 2.54. The van der Waals surface area contributed by atoms with Gasteiger partial charge in [0, 0.05) is 17.5 Å². The van der Waals surface area contributed by atoms with Gasteiger partial charge in [0.1, 0.15) is 5.84 Å². The van der Waals surface area contributed by atoms with E-state index in [0.717, 1.165) is 30.0 Å². The molecule has 19 heavy (non-hydrogen) atoms. The molecule has 1 atom stereocenters. The number of hydrogen-bond acceptors (Lipinski definition) is 3. The average Bonchev–Trinajstić information content (AvgIpc) is 2.42. The third-order valence-electron chi connectivity index (χ3n) is 3.34. The molecule has 0 heterocycles. The third kappa shape index (κ3) is 5.09. The third-order valence-corrected chi connectivity index (χ3v) is 3.68. The number of oxime groups is 1. The maximum Gasteiger partial charge on any atom is 0.139 e. The second-order valence-electron chi connectivity index (χ2n) is 4.73. The minimum absolute atomic E-state index is 0.276. The standard InChI is InChI=1S/C14H22ClN3O/c1-11(12-7-3-4-8-13(12)15)18(2)10-6-5-9-14(16)17-19/h3-4,7-8,11,19H,5-6,9-10H2,1-2H3,(H2,16,17). The summed E-state index contributed by atoms with van der Waals surface area (Å²) in [6, 6.07) is 8.19. The zero-order valence-corrected chi connectivity index (χ0v) is 12.3. The van der Waals surface area contributed by atoms with Crippen LogP contribution in [-0.4, -0.2) is 29.5 Å². The summed E-state index contributed by atoms with van der Waals surface area (Å²) in [5, 5.41) is 12.2. The van der Waals surface area contributed by atoms with Crippen molar-refractivity contribution < 1.29 is 5.21 Å². The lowest BCUT2D eigenvalue weighted by Crippen LogP contribution is -2.24. The molecule has 106 valence electrons. The van der Waals surface area contributed by atoms with Crippen LogP contribution in [0.3, 0.4) is 0 Å². The number of unbranched alkanes of at least 4 members (excludes halogenated alkanes) is 1. The van der Waals surface area contributed by atoms with Crippen LogP contribution in [0.15, 0.2) is 29.4 Å². The van der Waals surface area contributed by atoms with Gasteiger partial charge in [-0.25, -0.2) is 0 Å². The predicted molar refractivity (Wildman–Crippen MR) is 79.8 cm³/mol. The average molecular weight is 284 g/mol. The van der Waals surface area contributed by atoms with E-state index in [2.05, 4.69) is 30.1 Å². The Kier molecular flexibility index (Phi) is 6.67. The maximum absolute atomic E-state index is 8.45. The molecular formula is C14H22ClN3O. The lowest BCUT2D eigenvalue weighted by molar-refractivity contribution is 0.256. The van der Waals surface area contributed by atoms with Gasteiger partial charge in [0.25, 0.3) is 0 Å². The molecule has 0 saturated heterocycles. The first-order chi connectivity index (χ1) is 9.06. The molecule has 1 aromatic carbocycles. The van der Waals surface area contributed by atoms with Crippen LogP contribution in [0.1, 0.15) is 37.8 Å². The van der Waals surface area contributed by atoms with Crippen molar-refractivity contribution in [2.75, 3.05) is 13.6 Å². The van der Waals surface area contributed by atoms with Crippen LogP contribution in [0.25, 0.3) is 0 Å². The number of nitrogens with two attached hydrogens (primary N) is 1. The Labute approximate surface area is 119 Å². The van der Waals surface area contributed by atoms with Crippen LogP contribution in [0, 0.1) is 0 Å². The zero-order valence-electron chi connectivity index (χ0n) is 11.5. The lowest BCUT2D eigenvalue weighted by Gasteiger charge is -2.25. The molecule has 1 unspecified atom stereocenters. The number of rotatable bonds is 7. The summed E-state index contributed by atoms with van der Waals surface area (Å²) >= 11 is 6.20. The normalized spacial score (nSPS) is 13.8. The van der Waals surface area contributed by atoms with Crippen LogP contribution >= 0.6 is 11.6 Å². The van der Waals surface area contributed by atoms with Gasteiger partial charge in [-0.15, -0.1) is 0 Å². The van der Waals surface area contributed by atoms with E-state index in [9.17, 15) is 0 Å². The zero-order chi connectivity index (χ0) is 14.3. The number of halogens is 1. The molecule has 0 aliphatic carbocycles. The van der Waals surface area contributed by atoms with Gasteiger partial charge in [-0.3, -0.25) is 4.90 Å². The molecule has 1 rings (SSSR count). The Hall–Kier alpha value is -1.26. The van der Waals surface area contributed by atoms with Crippen molar-refractivity contribution in [3.05, 3.63) is 34.9 Å². The minimum Gasteiger partial charge on any atom is -0.409 e. The summed E-state index contributed by atoms with van der Waals surface area (Å²) in [5.74, 6) is 0.293. The molecule has 4 nitrogen and oxygen atoms in total. The van der Waals surface area contributed by atoms with Crippen molar-refractivity contribution in [2.24, 2.45) is 10.9 Å². The summed E-state index contributed by atoms with van der Waals surface area (Å²) in [4.78, 5) is 2.26. The van der Waals surface area contributed by atoms with E-state index in [1.165, 1.54) is 0 Å². The molecule has 0 aromatic heterocycles. The number of benzene rings is 1. The summed E-state index contributed by atoms with van der Waals surface area (Å²) in [5.41, 5.74) is 6.57. The van der Waals surface area contributed by atoms with Crippen LogP contribution in [0.4, 0.5) is 0 Å². The van der Waals surface area contributed by atoms with Gasteiger partial charge in [-0.05, 0) is 45.0 Å². The first-order valence-corrected chi connectivity index (χ1v) is 6.85. The van der Waals surface area contributed by atoms with E-state index in [1.54, 1.807) is 0 Å². The number of hydrogen-bond donors (Lipinski definition) is 2. The van der Waals surface area contributed by atoms with E-state index in [0.29, 0.717) is 12.3 Å². The molecule has 0 spiro atoms. The van der Waals surface area contributed by atoms with Gasteiger partial charge in [-0.2, -0.15) is 0 Å². The molecule has 0 saturated carbocycles. The topological polar surface area (TPSA) is 61.8 Å². The van der Waals surface area contributed by atoms with Gasteiger partial charge in [0.15, 0.2) is 0 Å². The van der Waals surface area contributed by atoms with Gasteiger partial charge < -0.3 is 10.9 Å². The fourth-order valence-electron chi connectivity index (χ4n) is 1.96. The van der Waals surface area contributed by atoms with Gasteiger partial charge in [0.2, 0.25) is 0 Å². The lowest BCUT2D eigenvalue weighted by atomic mass is 10.1. The predicted octanol–water partition coefficient (Wildman–Crippen LogP) is 3.25. The SMILES string of the molecule is CC(c1ccccc1Cl)N(C)CCCCC(N)=NO. The number of nitrogens with zero attached hydrogens (tertiary/aromatic N) is 2. The molecule has 5 heteroatoms. The first kappa shape index (κ1) is 15.8. The van der Waals surface area contributed by atoms with Crippen molar-refractivity contribution in [1.82, 2.24) is 4.90 Å². The Balaban J connectivity index is 2.41. The van der Waals surface area contributed by atoms with E-state index in [4.69, 9.17) is 22.5 Å². The van der Waals surface area contributed by atoms with Crippen LogP contribution in [0.2, 0.25) is 5.02 Å². The van der Waals surface area contributed by atoms with Gasteiger partial charge in [0.05, 0.1) is 0 Å². The largest absolute Gasteiger partial charge is 0.409 e. The van der Waals surface area contributed by atoms with Crippen LogP contribution in [-0.2, 0) is 0 Å². The Morgan fingerprint density at radius 2 is 2.11 bits per heavy atom. The van der Waals surface area contributed by atoms with Gasteiger partial charge >= 0.3 is 0 Å². The van der Waals surface area contributed by atoms with E-state index < -0.39 is 0 Å². The monoisotopic (exact) mass is 283 g/mol. The molecule has 3 N–H and O–H groups in total. The van der Waals surface area contributed by atoms with Crippen LogP contribution < -0.4 is 5.73 Å². The Morgan fingerprint density at radius 3 is 2.74 bits per heavy atom. The van der Waals surface area contributed by atoms with E-state index >= 15 is 0 Å². The highest BCUT2D eigenvalue weighted by atomic mass is 35.5. The maximum atomic E-state index is 8.45. The molecule has 0 radical (unpaired) electrons. The second-order valence-corrected chi connectivity index (χ2v) is 5.13. The van der Waals surface area contributed by atoms with E-state index in [-0.39, 0.29) is 6.04 Å². The quantitative estimate of drug-likeness (QED) is 0.265. The Morgan fingerprint density at radius 1 is 1.42 bits per heavy atom. The highest BCUT2D eigenvalue weighted by molar-refractivity contribution is 6.31. The molecule has 0 amide bonds. The van der Waals surface area contributed by atoms with Crippen LogP contribution in [0.5, 0.6) is 0 Å². The summed E-state index contributed by atoms with van der Waals surface area (Å²) in [7, 11) is 2.08. The van der Waals surface area contributed by atoms with Crippen molar-refractivity contribution >= 4 is 17.4 Å². The van der Waals surface area contributed by atoms with Crippen molar-refractivity contribution in [3.8, 4) is 0 Å². The highest BCUT2D eigenvalue weighted by Gasteiger charge is 2.13. The highest BCUT2D eigenvalue weighted by Crippen LogP contribution is 2.26. The molecule has 0 fully saturated rings. The fraction of sp³-hybridized carbons (Fsp3) is 0.500. The van der Waals surface area contributed by atoms with Crippen molar-refractivity contribution in [3.63, 3.8) is 0 Å². The van der Waals surface area contributed by atoms with Gasteiger partial charge in [-0.1, -0.05) is 35.0 Å². The minimum atomic E-state index is 0.276. The molecule has 0 bridgehead atoms. The molecular weight excluding hydrogens is 262 g/mol.